The molecule has 1 nitrogen and oxygen atoms in total. The fourth-order valence-corrected chi connectivity index (χ4v) is 0.978. The molecule has 0 aromatic rings. The molecule has 0 rings (SSSR count). The normalized spacial score (nSPS) is 14.8. The number of aliphatic hydroxyl groups excluding tert-OH is 1. The monoisotopic (exact) mass is 179 g/mol. The second-order valence-corrected chi connectivity index (χ2v) is 2.98. The van der Waals surface area contributed by atoms with Crippen molar-refractivity contribution in [2.24, 2.45) is 0 Å². The van der Waals surface area contributed by atoms with Gasteiger partial charge in [0.1, 0.15) is 6.10 Å². The largest absolute Gasteiger partial charge is 0.387 e. The molecule has 1 N–H and O–H groups in total. The third-order valence-electron chi connectivity index (χ3n) is 1.69. The average molecular weight is 179 g/mol. The summed E-state index contributed by atoms with van der Waals surface area (Å²) in [6.45, 7) is 3.57. The molecule has 0 aromatic heterocycles. The zero-order chi connectivity index (χ0) is 9.61. The minimum atomic E-state index is -2.94. The van der Waals surface area contributed by atoms with Crippen LogP contribution < -0.4 is 0 Å². The Bertz CT molecular complexity index is 115. The van der Waals surface area contributed by atoms with E-state index >= 15 is 0 Å². The highest BCUT2D eigenvalue weighted by Crippen LogP contribution is 2.26. The van der Waals surface area contributed by atoms with E-state index in [9.17, 15) is 8.78 Å². The first-order chi connectivity index (χ1) is 5.54. The van der Waals surface area contributed by atoms with Gasteiger partial charge in [-0.1, -0.05) is 26.7 Å². The van der Waals surface area contributed by atoms with Crippen molar-refractivity contribution in [1.82, 2.24) is 0 Å². The summed E-state index contributed by atoms with van der Waals surface area (Å²) in [6.07, 6.45) is 1.20. The van der Waals surface area contributed by atoms with Gasteiger partial charge in [0.05, 0.1) is 0 Å². The van der Waals surface area contributed by atoms with Crippen molar-refractivity contribution in [2.75, 3.05) is 0 Å². The zero-order valence-electron chi connectivity index (χ0n) is 7.69. The number of unbranched alkanes of at least 4 members (excludes halogenated alkanes) is 1. The van der Waals surface area contributed by atoms with Gasteiger partial charge in [-0.05, 0) is 12.8 Å². The molecule has 73 valence electrons. The first-order valence-corrected chi connectivity index (χ1v) is 4.43. The van der Waals surface area contributed by atoms with Gasteiger partial charge in [0.25, 0.3) is 5.92 Å². The number of halogens is 2. The van der Waals surface area contributed by atoms with Gasteiger partial charge in [0.2, 0.25) is 0 Å². The molecule has 12 heavy (non-hydrogen) atoms. The van der Waals surface area contributed by atoms with Crippen LogP contribution in [0.1, 0.15) is 39.5 Å². The molecule has 0 aliphatic carbocycles. The molecule has 0 amide bonds. The molecular formula is C9H17F2O. The van der Waals surface area contributed by atoms with Crippen molar-refractivity contribution >= 4 is 0 Å². The van der Waals surface area contributed by atoms with Crippen LogP contribution in [0.5, 0.6) is 0 Å². The highest BCUT2D eigenvalue weighted by atomic mass is 19.3. The van der Waals surface area contributed by atoms with Gasteiger partial charge in [-0.25, -0.2) is 8.78 Å². The lowest BCUT2D eigenvalue weighted by molar-refractivity contribution is -0.0997. The maximum atomic E-state index is 12.9. The van der Waals surface area contributed by atoms with Gasteiger partial charge >= 0.3 is 0 Å². The van der Waals surface area contributed by atoms with Crippen molar-refractivity contribution in [3.05, 3.63) is 6.42 Å². The summed E-state index contributed by atoms with van der Waals surface area (Å²) < 4.78 is 25.7. The van der Waals surface area contributed by atoms with Gasteiger partial charge in [-0.2, -0.15) is 0 Å². The maximum Gasteiger partial charge on any atom is 0.273 e. The second-order valence-electron chi connectivity index (χ2n) is 2.98. The van der Waals surface area contributed by atoms with E-state index < -0.39 is 12.0 Å². The van der Waals surface area contributed by atoms with E-state index in [1.165, 1.54) is 6.42 Å². The summed E-state index contributed by atoms with van der Waals surface area (Å²) in [6, 6.07) is 0. The maximum absolute atomic E-state index is 12.9. The molecule has 0 aliphatic rings. The number of hydrogen-bond acceptors (Lipinski definition) is 1. The first kappa shape index (κ1) is 11.8. The van der Waals surface area contributed by atoms with E-state index in [2.05, 4.69) is 0 Å². The SMILES string of the molecule is CCC[CH]C(O)C(F)(F)CCC. The van der Waals surface area contributed by atoms with Crippen LogP contribution in [0.2, 0.25) is 0 Å². The second kappa shape index (κ2) is 5.46. The highest BCUT2D eigenvalue weighted by Gasteiger charge is 2.36. The summed E-state index contributed by atoms with van der Waals surface area (Å²) in [5.74, 6) is -2.94. The smallest absolute Gasteiger partial charge is 0.273 e. The highest BCUT2D eigenvalue weighted by molar-refractivity contribution is 4.87. The van der Waals surface area contributed by atoms with Crippen LogP contribution in [0, 0.1) is 6.42 Å². The third kappa shape index (κ3) is 4.00. The predicted octanol–water partition coefficient (Wildman–Crippen LogP) is 2.79. The molecule has 0 saturated heterocycles. The van der Waals surface area contributed by atoms with Crippen molar-refractivity contribution in [2.45, 2.75) is 51.6 Å². The summed E-state index contributed by atoms with van der Waals surface area (Å²) >= 11 is 0. The van der Waals surface area contributed by atoms with Crippen LogP contribution in [0.3, 0.4) is 0 Å². The van der Waals surface area contributed by atoms with Crippen LogP contribution in [0.15, 0.2) is 0 Å². The zero-order valence-corrected chi connectivity index (χ0v) is 7.69. The Morgan fingerprint density at radius 1 is 1.33 bits per heavy atom. The summed E-state index contributed by atoms with van der Waals surface area (Å²) in [5.41, 5.74) is 0. The van der Waals surface area contributed by atoms with Gasteiger partial charge in [-0.3, -0.25) is 0 Å². The predicted molar refractivity (Wildman–Crippen MR) is 45.1 cm³/mol. The van der Waals surface area contributed by atoms with Crippen molar-refractivity contribution in [3.8, 4) is 0 Å². The molecule has 0 saturated carbocycles. The first-order valence-electron chi connectivity index (χ1n) is 4.43. The van der Waals surface area contributed by atoms with Crippen molar-refractivity contribution < 1.29 is 13.9 Å². The molecule has 0 aromatic carbocycles. The van der Waals surface area contributed by atoms with E-state index in [4.69, 9.17) is 5.11 Å². The molecule has 0 aliphatic heterocycles. The fraction of sp³-hybridized carbons (Fsp3) is 0.889. The molecule has 1 unspecified atom stereocenters. The summed E-state index contributed by atoms with van der Waals surface area (Å²) in [7, 11) is 0. The number of alkyl halides is 2. The van der Waals surface area contributed by atoms with Gasteiger partial charge in [0.15, 0.2) is 0 Å². The van der Waals surface area contributed by atoms with E-state index in [0.29, 0.717) is 12.8 Å². The summed E-state index contributed by atoms with van der Waals surface area (Å²) in [4.78, 5) is 0. The number of aliphatic hydroxyl groups is 1. The Morgan fingerprint density at radius 2 is 1.92 bits per heavy atom. The fourth-order valence-electron chi connectivity index (χ4n) is 0.978. The van der Waals surface area contributed by atoms with Gasteiger partial charge in [0, 0.05) is 6.42 Å². The van der Waals surface area contributed by atoms with Crippen molar-refractivity contribution in [1.29, 1.82) is 0 Å². The molecule has 3 heteroatoms. The van der Waals surface area contributed by atoms with Crippen LogP contribution >= 0.6 is 0 Å². The topological polar surface area (TPSA) is 20.2 Å². The molecule has 0 fully saturated rings. The quantitative estimate of drug-likeness (QED) is 0.664. The third-order valence-corrected chi connectivity index (χ3v) is 1.69. The van der Waals surface area contributed by atoms with Crippen molar-refractivity contribution in [3.63, 3.8) is 0 Å². The van der Waals surface area contributed by atoms with Crippen LogP contribution in [-0.2, 0) is 0 Å². The van der Waals surface area contributed by atoms with E-state index in [1.54, 1.807) is 6.92 Å². The molecule has 0 spiro atoms. The van der Waals surface area contributed by atoms with Crippen LogP contribution in [0.25, 0.3) is 0 Å². The lowest BCUT2D eigenvalue weighted by atomic mass is 10.0. The Balaban J connectivity index is 3.79. The molecule has 0 heterocycles. The van der Waals surface area contributed by atoms with Crippen LogP contribution in [0.4, 0.5) is 8.78 Å². The van der Waals surface area contributed by atoms with E-state index in [1.807, 2.05) is 6.92 Å². The minimum absolute atomic E-state index is 0.242. The Morgan fingerprint density at radius 3 is 2.33 bits per heavy atom. The van der Waals surface area contributed by atoms with Gasteiger partial charge < -0.3 is 5.11 Å². The lowest BCUT2D eigenvalue weighted by Crippen LogP contribution is -2.33. The van der Waals surface area contributed by atoms with Gasteiger partial charge in [-0.15, -0.1) is 0 Å². The molecule has 0 bridgehead atoms. The van der Waals surface area contributed by atoms with E-state index in [0.717, 1.165) is 6.42 Å². The van der Waals surface area contributed by atoms with Crippen LogP contribution in [-0.4, -0.2) is 17.1 Å². The minimum Gasteiger partial charge on any atom is -0.387 e. The van der Waals surface area contributed by atoms with E-state index in [-0.39, 0.29) is 6.42 Å². The summed E-state index contributed by atoms with van der Waals surface area (Å²) in [5, 5.41) is 9.03. The number of rotatable bonds is 6. The Hall–Kier alpha value is -0.180. The Labute approximate surface area is 72.8 Å². The lowest BCUT2D eigenvalue weighted by Gasteiger charge is -2.21. The number of hydrogen-bond donors (Lipinski definition) is 1. The molecular weight excluding hydrogens is 162 g/mol. The standard InChI is InChI=1S/C9H17F2O/c1-3-5-6-8(12)9(10,11)7-4-2/h6,8,12H,3-5,7H2,1-2H3. The Kier molecular flexibility index (Phi) is 5.38. The molecule has 1 atom stereocenters. The average Bonchev–Trinajstić information content (AvgIpc) is 2.00. The molecule has 1 radical (unpaired) electrons.